The van der Waals surface area contributed by atoms with Crippen molar-refractivity contribution in [3.05, 3.63) is 22.7 Å². The second-order valence-electron chi connectivity index (χ2n) is 5.33. The number of rotatable bonds is 4. The van der Waals surface area contributed by atoms with Crippen molar-refractivity contribution in [2.75, 3.05) is 13.7 Å². The highest BCUT2D eigenvalue weighted by molar-refractivity contribution is 9.10. The van der Waals surface area contributed by atoms with Gasteiger partial charge in [-0.2, -0.15) is 4.31 Å². The van der Waals surface area contributed by atoms with E-state index in [2.05, 4.69) is 15.9 Å². The van der Waals surface area contributed by atoms with Crippen LogP contribution in [0.4, 0.5) is 0 Å². The Hall–Kier alpha value is -1.12. The first-order chi connectivity index (χ1) is 10.3. The molecule has 1 aliphatic rings. The van der Waals surface area contributed by atoms with Crippen LogP contribution in [-0.4, -0.2) is 43.5 Å². The van der Waals surface area contributed by atoms with Crippen LogP contribution in [0.1, 0.15) is 19.8 Å². The highest BCUT2D eigenvalue weighted by atomic mass is 79.9. The van der Waals surface area contributed by atoms with Gasteiger partial charge in [0.05, 0.1) is 13.0 Å². The third kappa shape index (κ3) is 3.28. The summed E-state index contributed by atoms with van der Waals surface area (Å²) in [6, 6.07) is 4.47. The summed E-state index contributed by atoms with van der Waals surface area (Å²) in [5, 5.41) is 9.16. The van der Waals surface area contributed by atoms with Crippen molar-refractivity contribution in [1.29, 1.82) is 0 Å². The summed E-state index contributed by atoms with van der Waals surface area (Å²) >= 11 is 3.25. The van der Waals surface area contributed by atoms with Crippen LogP contribution in [0.25, 0.3) is 0 Å². The largest absolute Gasteiger partial charge is 0.497 e. The molecule has 1 fully saturated rings. The van der Waals surface area contributed by atoms with E-state index in [0.717, 1.165) is 0 Å². The Kier molecular flexibility index (Phi) is 5.14. The van der Waals surface area contributed by atoms with Crippen LogP contribution in [0.5, 0.6) is 5.75 Å². The minimum absolute atomic E-state index is 0.0114. The molecule has 0 saturated carbocycles. The van der Waals surface area contributed by atoms with E-state index in [4.69, 9.17) is 9.84 Å². The molecule has 1 aromatic rings. The van der Waals surface area contributed by atoms with Gasteiger partial charge < -0.3 is 9.84 Å². The zero-order chi connectivity index (χ0) is 16.5. The second-order valence-corrected chi connectivity index (χ2v) is 8.05. The lowest BCUT2D eigenvalue weighted by molar-refractivity contribution is -0.143. The average Bonchev–Trinajstić information content (AvgIpc) is 2.47. The third-order valence-electron chi connectivity index (χ3n) is 3.90. The van der Waals surface area contributed by atoms with Crippen LogP contribution in [0.15, 0.2) is 27.6 Å². The quantitative estimate of drug-likeness (QED) is 0.851. The lowest BCUT2D eigenvalue weighted by atomic mass is 9.96. The summed E-state index contributed by atoms with van der Waals surface area (Å²) < 4.78 is 32.6. The van der Waals surface area contributed by atoms with Crippen LogP contribution in [0, 0.1) is 5.92 Å². The fourth-order valence-corrected chi connectivity index (χ4v) is 5.19. The number of piperidine rings is 1. The molecule has 2 rings (SSSR count). The molecule has 1 saturated heterocycles. The Balaban J connectivity index is 2.42. The molecule has 8 heteroatoms. The summed E-state index contributed by atoms with van der Waals surface area (Å²) in [7, 11) is -2.34. The number of hydrogen-bond donors (Lipinski definition) is 1. The molecule has 0 aromatic heterocycles. The standard InChI is InChI=1S/C14H18BrNO5S/c1-9-3-4-10(14(17)18)8-16(9)22(19,20)13-7-11(21-2)5-6-12(13)15/h5-7,9-10H,3-4,8H2,1-2H3,(H,17,18). The first-order valence-electron chi connectivity index (χ1n) is 6.85. The third-order valence-corrected chi connectivity index (χ3v) is 6.87. The molecule has 1 N–H and O–H groups in total. The van der Waals surface area contributed by atoms with Crippen molar-refractivity contribution in [2.24, 2.45) is 5.92 Å². The molecule has 22 heavy (non-hydrogen) atoms. The van der Waals surface area contributed by atoms with Crippen molar-refractivity contribution in [1.82, 2.24) is 4.31 Å². The molecule has 122 valence electrons. The van der Waals surface area contributed by atoms with E-state index in [1.807, 2.05) is 0 Å². The average molecular weight is 392 g/mol. The highest BCUT2D eigenvalue weighted by Crippen LogP contribution is 2.33. The Bertz CT molecular complexity index is 676. The molecular formula is C14H18BrNO5S. The SMILES string of the molecule is COc1ccc(Br)c(S(=O)(=O)N2CC(C(=O)O)CCC2C)c1. The van der Waals surface area contributed by atoms with Gasteiger partial charge in [0.1, 0.15) is 10.6 Å². The number of carboxylic acid groups (broad SMARTS) is 1. The number of carbonyl (C=O) groups is 1. The molecule has 1 aromatic carbocycles. The summed E-state index contributed by atoms with van der Waals surface area (Å²) in [6.07, 6.45) is 1.01. The fourth-order valence-electron chi connectivity index (χ4n) is 2.55. The number of hydrogen-bond acceptors (Lipinski definition) is 4. The molecule has 0 aliphatic carbocycles. The van der Waals surface area contributed by atoms with Crippen molar-refractivity contribution < 1.29 is 23.1 Å². The van der Waals surface area contributed by atoms with Crippen LogP contribution >= 0.6 is 15.9 Å². The summed E-state index contributed by atoms with van der Waals surface area (Å²) in [4.78, 5) is 11.3. The van der Waals surface area contributed by atoms with Gasteiger partial charge in [0.25, 0.3) is 0 Å². The Morgan fingerprint density at radius 1 is 1.41 bits per heavy atom. The van der Waals surface area contributed by atoms with Gasteiger partial charge in [0, 0.05) is 23.1 Å². The van der Waals surface area contributed by atoms with Crippen LogP contribution in [-0.2, 0) is 14.8 Å². The molecule has 2 unspecified atom stereocenters. The predicted octanol–water partition coefficient (Wildman–Crippen LogP) is 2.33. The maximum Gasteiger partial charge on any atom is 0.307 e. The number of aliphatic carboxylic acids is 1. The van der Waals surface area contributed by atoms with Crippen molar-refractivity contribution >= 4 is 31.9 Å². The summed E-state index contributed by atoms with van der Waals surface area (Å²) in [5.41, 5.74) is 0. The lowest BCUT2D eigenvalue weighted by Crippen LogP contribution is -2.47. The predicted molar refractivity (Wildman–Crippen MR) is 84.4 cm³/mol. The Morgan fingerprint density at radius 3 is 2.68 bits per heavy atom. The van der Waals surface area contributed by atoms with Gasteiger partial charge in [-0.15, -0.1) is 0 Å². The van der Waals surface area contributed by atoms with Gasteiger partial charge in [-0.3, -0.25) is 4.79 Å². The smallest absolute Gasteiger partial charge is 0.307 e. The minimum Gasteiger partial charge on any atom is -0.497 e. The van der Waals surface area contributed by atoms with Gasteiger partial charge in [0.15, 0.2) is 0 Å². The van der Waals surface area contributed by atoms with Crippen molar-refractivity contribution in [3.8, 4) is 5.75 Å². The van der Waals surface area contributed by atoms with Crippen LogP contribution in [0.3, 0.4) is 0 Å². The van der Waals surface area contributed by atoms with E-state index in [1.165, 1.54) is 17.5 Å². The lowest BCUT2D eigenvalue weighted by Gasteiger charge is -2.35. The molecule has 0 radical (unpaired) electrons. The molecule has 0 bridgehead atoms. The van der Waals surface area contributed by atoms with Crippen LogP contribution < -0.4 is 4.74 Å². The molecular weight excluding hydrogens is 374 g/mol. The number of methoxy groups -OCH3 is 1. The van der Waals surface area contributed by atoms with E-state index in [-0.39, 0.29) is 17.5 Å². The molecule has 1 aliphatic heterocycles. The number of nitrogens with zero attached hydrogens (tertiary/aromatic N) is 1. The normalized spacial score (nSPS) is 23.2. The number of carboxylic acids is 1. The van der Waals surface area contributed by atoms with E-state index in [0.29, 0.717) is 23.1 Å². The zero-order valence-corrected chi connectivity index (χ0v) is 14.7. The first kappa shape index (κ1) is 17.2. The Morgan fingerprint density at radius 2 is 2.09 bits per heavy atom. The van der Waals surface area contributed by atoms with E-state index in [1.54, 1.807) is 19.1 Å². The zero-order valence-electron chi connectivity index (χ0n) is 12.3. The molecule has 6 nitrogen and oxygen atoms in total. The summed E-state index contributed by atoms with van der Waals surface area (Å²) in [5.74, 6) is -1.20. The number of ether oxygens (including phenoxy) is 1. The topological polar surface area (TPSA) is 83.9 Å². The number of halogens is 1. The number of benzene rings is 1. The molecule has 0 spiro atoms. The second kappa shape index (κ2) is 6.55. The molecule has 1 heterocycles. The molecule has 0 amide bonds. The summed E-state index contributed by atoms with van der Waals surface area (Å²) in [6.45, 7) is 1.78. The fraction of sp³-hybridized carbons (Fsp3) is 0.500. The van der Waals surface area contributed by atoms with E-state index in [9.17, 15) is 13.2 Å². The van der Waals surface area contributed by atoms with E-state index >= 15 is 0 Å². The van der Waals surface area contributed by atoms with Gasteiger partial charge in [-0.25, -0.2) is 8.42 Å². The van der Waals surface area contributed by atoms with Gasteiger partial charge in [0.2, 0.25) is 10.0 Å². The Labute approximate surface area is 138 Å². The number of sulfonamides is 1. The van der Waals surface area contributed by atoms with Gasteiger partial charge in [-0.1, -0.05) is 0 Å². The van der Waals surface area contributed by atoms with Gasteiger partial charge in [-0.05, 0) is 47.8 Å². The van der Waals surface area contributed by atoms with E-state index < -0.39 is 21.9 Å². The highest BCUT2D eigenvalue weighted by Gasteiger charge is 2.38. The van der Waals surface area contributed by atoms with Crippen LogP contribution in [0.2, 0.25) is 0 Å². The van der Waals surface area contributed by atoms with Gasteiger partial charge >= 0.3 is 5.97 Å². The van der Waals surface area contributed by atoms with Crippen molar-refractivity contribution in [3.63, 3.8) is 0 Å². The molecule has 2 atom stereocenters. The van der Waals surface area contributed by atoms with Crippen molar-refractivity contribution in [2.45, 2.75) is 30.7 Å². The minimum atomic E-state index is -3.80. The maximum atomic E-state index is 12.9. The first-order valence-corrected chi connectivity index (χ1v) is 9.09. The maximum absolute atomic E-state index is 12.9. The monoisotopic (exact) mass is 391 g/mol.